The molecule has 0 saturated carbocycles. The molecule has 0 aliphatic carbocycles. The summed E-state index contributed by atoms with van der Waals surface area (Å²) in [5, 5.41) is 2.68. The minimum Gasteiger partial charge on any atom is -0.449 e. The zero-order valence-corrected chi connectivity index (χ0v) is 16.3. The fraction of sp³-hybridized carbons (Fsp3) is 0.409. The van der Waals surface area contributed by atoms with Crippen molar-refractivity contribution in [2.45, 2.75) is 31.6 Å². The van der Waals surface area contributed by atoms with Crippen LogP contribution in [0.15, 0.2) is 66.3 Å². The Balaban J connectivity index is 1.66. The Hall–Kier alpha value is -2.51. The molecule has 0 bridgehead atoms. The molecule has 0 unspecified atom stereocenters. The van der Waals surface area contributed by atoms with Crippen LogP contribution in [0.25, 0.3) is 0 Å². The Morgan fingerprint density at radius 2 is 2.10 bits per heavy atom. The average Bonchev–Trinajstić information content (AvgIpc) is 2.72. The van der Waals surface area contributed by atoms with Crippen molar-refractivity contribution >= 4 is 6.09 Å². The molecule has 0 spiro atoms. The maximum atomic E-state index is 14.6. The predicted molar refractivity (Wildman–Crippen MR) is 104 cm³/mol. The molecule has 3 rings (SSSR count). The van der Waals surface area contributed by atoms with Gasteiger partial charge in [0.2, 0.25) is 0 Å². The molecule has 3 atom stereocenters. The number of ether oxygens (including phenoxy) is 3. The number of amides is 1. The Morgan fingerprint density at radius 1 is 1.34 bits per heavy atom. The van der Waals surface area contributed by atoms with Crippen LogP contribution < -0.4 is 5.32 Å². The van der Waals surface area contributed by atoms with E-state index >= 15 is 0 Å². The summed E-state index contributed by atoms with van der Waals surface area (Å²) in [6, 6.07) is 9.78. The van der Waals surface area contributed by atoms with E-state index in [-0.39, 0.29) is 30.8 Å². The van der Waals surface area contributed by atoms with Crippen LogP contribution in [0.5, 0.6) is 0 Å². The van der Waals surface area contributed by atoms with Gasteiger partial charge in [-0.05, 0) is 31.1 Å². The number of rotatable bonds is 7. The van der Waals surface area contributed by atoms with Crippen LogP contribution in [-0.2, 0) is 20.8 Å². The number of halogens is 2. The number of benzene rings is 1. The molecule has 2 aliphatic rings. The summed E-state index contributed by atoms with van der Waals surface area (Å²) >= 11 is 0. The minimum atomic E-state index is -1.14. The van der Waals surface area contributed by atoms with Crippen LogP contribution in [0.4, 0.5) is 13.6 Å². The Kier molecular flexibility index (Phi) is 6.82. The topological polar surface area (TPSA) is 56.8 Å². The van der Waals surface area contributed by atoms with Gasteiger partial charge in [-0.25, -0.2) is 13.6 Å². The first-order chi connectivity index (χ1) is 13.9. The van der Waals surface area contributed by atoms with Crippen molar-refractivity contribution in [1.29, 1.82) is 0 Å². The number of cyclic esters (lactones) is 1. The number of alkyl carbamates (subject to hydrolysis) is 1. The van der Waals surface area contributed by atoms with Crippen molar-refractivity contribution in [2.24, 2.45) is 5.92 Å². The normalized spacial score (nSPS) is 27.6. The monoisotopic (exact) mass is 405 g/mol. The molecule has 2 saturated heterocycles. The Morgan fingerprint density at radius 3 is 2.83 bits per heavy atom. The van der Waals surface area contributed by atoms with E-state index in [4.69, 9.17) is 14.2 Å². The first kappa shape index (κ1) is 21.2. The number of carbonyl (C=O) groups excluding carboxylic acids is 1. The van der Waals surface area contributed by atoms with Gasteiger partial charge < -0.3 is 19.5 Å². The zero-order valence-electron chi connectivity index (χ0n) is 16.3. The third-order valence-corrected chi connectivity index (χ3v) is 5.23. The van der Waals surface area contributed by atoms with Gasteiger partial charge in [0.25, 0.3) is 0 Å². The van der Waals surface area contributed by atoms with Crippen LogP contribution in [0, 0.1) is 5.92 Å². The van der Waals surface area contributed by atoms with Crippen LogP contribution in [0.2, 0.25) is 0 Å². The van der Waals surface area contributed by atoms with E-state index in [0.29, 0.717) is 19.6 Å². The van der Waals surface area contributed by atoms with Crippen LogP contribution in [0.1, 0.15) is 18.9 Å². The van der Waals surface area contributed by atoms with Gasteiger partial charge in [-0.3, -0.25) is 0 Å². The number of allylic oxidation sites excluding steroid dienone is 3. The van der Waals surface area contributed by atoms with Crippen molar-refractivity contribution in [3.63, 3.8) is 0 Å². The van der Waals surface area contributed by atoms with E-state index in [0.717, 1.165) is 17.7 Å². The quantitative estimate of drug-likeness (QED) is 0.685. The minimum absolute atomic E-state index is 0.0323. The highest BCUT2D eigenvalue weighted by atomic mass is 19.1. The molecule has 1 aromatic rings. The van der Waals surface area contributed by atoms with E-state index in [1.54, 1.807) is 0 Å². The number of hydrogen-bond donors (Lipinski definition) is 1. The van der Waals surface area contributed by atoms with Crippen LogP contribution in [-0.4, -0.2) is 37.6 Å². The number of fused-ring (bicyclic) bond motifs is 1. The Labute approximate surface area is 169 Å². The van der Waals surface area contributed by atoms with E-state index in [9.17, 15) is 13.6 Å². The highest BCUT2D eigenvalue weighted by Gasteiger charge is 2.51. The molecule has 7 heteroatoms. The molecular formula is C22H25F2NO4. The number of nitrogens with one attached hydrogen (secondary N) is 1. The lowest BCUT2D eigenvalue weighted by Crippen LogP contribution is -2.66. The van der Waals surface area contributed by atoms with Crippen molar-refractivity contribution in [3.05, 3.63) is 71.9 Å². The molecule has 29 heavy (non-hydrogen) atoms. The summed E-state index contributed by atoms with van der Waals surface area (Å²) in [6.45, 7) is 6.01. The largest absolute Gasteiger partial charge is 0.449 e. The van der Waals surface area contributed by atoms with Crippen LogP contribution in [0.3, 0.4) is 0 Å². The first-order valence-electron chi connectivity index (χ1n) is 9.48. The molecule has 2 heterocycles. The number of carbonyl (C=O) groups is 1. The maximum Gasteiger partial charge on any atom is 0.407 e. The molecule has 1 aromatic carbocycles. The van der Waals surface area contributed by atoms with Gasteiger partial charge in [-0.1, -0.05) is 36.9 Å². The molecule has 1 amide bonds. The lowest BCUT2D eigenvalue weighted by atomic mass is 9.73. The van der Waals surface area contributed by atoms with Crippen molar-refractivity contribution in [3.8, 4) is 0 Å². The highest BCUT2D eigenvalue weighted by Crippen LogP contribution is 2.40. The van der Waals surface area contributed by atoms with Gasteiger partial charge in [0.1, 0.15) is 11.4 Å². The molecule has 156 valence electrons. The molecule has 5 nitrogen and oxygen atoms in total. The van der Waals surface area contributed by atoms with Gasteiger partial charge >= 0.3 is 6.09 Å². The van der Waals surface area contributed by atoms with Gasteiger partial charge in [0, 0.05) is 11.5 Å². The second-order valence-electron chi connectivity index (χ2n) is 7.31. The summed E-state index contributed by atoms with van der Waals surface area (Å²) in [6.07, 6.45) is 1.63. The molecule has 1 N–H and O–H groups in total. The average molecular weight is 405 g/mol. The van der Waals surface area contributed by atoms with Gasteiger partial charge in [-0.2, -0.15) is 0 Å². The van der Waals surface area contributed by atoms with Crippen molar-refractivity contribution < 1.29 is 27.8 Å². The molecule has 0 aromatic heterocycles. The lowest BCUT2D eigenvalue weighted by Gasteiger charge is -2.49. The summed E-state index contributed by atoms with van der Waals surface area (Å²) in [5.41, 5.74) is -0.0350. The summed E-state index contributed by atoms with van der Waals surface area (Å²) in [5.74, 6) is -1.49. The first-order valence-corrected chi connectivity index (χ1v) is 9.48. The molecule has 2 aliphatic heterocycles. The molecule has 0 radical (unpaired) electrons. The molecule has 2 fully saturated rings. The van der Waals surface area contributed by atoms with Gasteiger partial charge in [0.15, 0.2) is 0 Å². The fourth-order valence-electron chi connectivity index (χ4n) is 3.61. The lowest BCUT2D eigenvalue weighted by molar-refractivity contribution is -0.113. The smallest absolute Gasteiger partial charge is 0.407 e. The van der Waals surface area contributed by atoms with Crippen molar-refractivity contribution in [1.82, 2.24) is 5.32 Å². The second kappa shape index (κ2) is 9.33. The number of hydrogen-bond acceptors (Lipinski definition) is 4. The fourth-order valence-corrected chi connectivity index (χ4v) is 3.61. The third kappa shape index (κ3) is 5.10. The second-order valence-corrected chi connectivity index (χ2v) is 7.31. The summed E-state index contributed by atoms with van der Waals surface area (Å²) in [4.78, 5) is 11.9. The van der Waals surface area contributed by atoms with E-state index in [2.05, 4.69) is 11.9 Å². The predicted octanol–water partition coefficient (Wildman–Crippen LogP) is 4.37. The van der Waals surface area contributed by atoms with E-state index in [1.165, 1.54) is 6.92 Å². The van der Waals surface area contributed by atoms with E-state index in [1.807, 2.05) is 30.3 Å². The van der Waals surface area contributed by atoms with Crippen LogP contribution >= 0.6 is 0 Å². The SMILES string of the molecule is C=C(/C(F)=C\C=C(/C)F)[C@]12CO[C@@H](COCc3ccccc3)C[C@H]1COC(=O)N2. The summed E-state index contributed by atoms with van der Waals surface area (Å²) < 4.78 is 44.3. The van der Waals surface area contributed by atoms with Crippen molar-refractivity contribution in [2.75, 3.05) is 19.8 Å². The molecular weight excluding hydrogens is 380 g/mol. The van der Waals surface area contributed by atoms with E-state index < -0.39 is 23.3 Å². The summed E-state index contributed by atoms with van der Waals surface area (Å²) in [7, 11) is 0. The highest BCUT2D eigenvalue weighted by molar-refractivity contribution is 5.71. The maximum absolute atomic E-state index is 14.6. The standard InChI is InChI=1S/C22H25F2NO4/c1-15(23)8-9-20(24)16(2)22-14-29-19(10-18(22)12-28-21(26)25-22)13-27-11-17-6-4-3-5-7-17/h3-9,18-19H,2,10-14H2,1H3,(H,25,26)/b15-8+,20-9+/t18-,19+,22+/m0/s1. The Bertz CT molecular complexity index is 804. The van der Waals surface area contributed by atoms with Gasteiger partial charge in [0.05, 0.1) is 38.4 Å². The van der Waals surface area contributed by atoms with Gasteiger partial charge in [-0.15, -0.1) is 0 Å². The third-order valence-electron chi connectivity index (χ3n) is 5.23. The zero-order chi connectivity index (χ0) is 20.9.